The molecule has 0 saturated carbocycles. The molecule has 0 spiro atoms. The first kappa shape index (κ1) is 9.50. The molecule has 0 rings (SSSR count). The van der Waals surface area contributed by atoms with Crippen molar-refractivity contribution >= 4 is 0 Å². The fraction of sp³-hybridized carbons (Fsp3) is 0.750. The Balaban J connectivity index is 3.62. The Morgan fingerprint density at radius 1 is 1.50 bits per heavy atom. The molecule has 0 fully saturated rings. The Labute approximate surface area is 63.7 Å². The first-order valence-corrected chi connectivity index (χ1v) is 3.78. The highest BCUT2D eigenvalue weighted by Crippen LogP contribution is 2.05. The van der Waals surface area contributed by atoms with E-state index in [1.807, 2.05) is 14.0 Å². The lowest BCUT2D eigenvalue weighted by atomic mass is 10.1. The Morgan fingerprint density at radius 2 is 2.10 bits per heavy atom. The molecule has 0 aliphatic rings. The molecule has 60 valence electrons. The number of nitrogens with one attached hydrogen (secondary N) is 2. The summed E-state index contributed by atoms with van der Waals surface area (Å²) in [5.74, 6) is 0.715. The lowest BCUT2D eigenvalue weighted by molar-refractivity contribution is 0.570. The van der Waals surface area contributed by atoms with Gasteiger partial charge >= 0.3 is 0 Å². The van der Waals surface area contributed by atoms with Crippen molar-refractivity contribution in [2.45, 2.75) is 27.2 Å². The van der Waals surface area contributed by atoms with Crippen molar-refractivity contribution in [1.29, 1.82) is 0 Å². The van der Waals surface area contributed by atoms with Gasteiger partial charge in [-0.05, 0) is 19.3 Å². The van der Waals surface area contributed by atoms with Gasteiger partial charge in [0.1, 0.15) is 0 Å². The standard InChI is InChI=1S/C8H18N2/c1-5-8(10-9-4)6-7(2)3/h5,7,9-10H,6H2,1-4H3/b8-5-. The average Bonchev–Trinajstić information content (AvgIpc) is 1.86. The van der Waals surface area contributed by atoms with Gasteiger partial charge in [-0.2, -0.15) is 0 Å². The summed E-state index contributed by atoms with van der Waals surface area (Å²) in [6.45, 7) is 6.46. The van der Waals surface area contributed by atoms with Crippen LogP contribution in [0.1, 0.15) is 27.2 Å². The van der Waals surface area contributed by atoms with Crippen molar-refractivity contribution in [1.82, 2.24) is 10.9 Å². The van der Waals surface area contributed by atoms with Crippen LogP contribution in [-0.2, 0) is 0 Å². The van der Waals surface area contributed by atoms with Crippen LogP contribution in [0.25, 0.3) is 0 Å². The Morgan fingerprint density at radius 3 is 2.40 bits per heavy atom. The molecule has 0 saturated heterocycles. The molecule has 0 atom stereocenters. The third kappa shape index (κ3) is 4.39. The van der Waals surface area contributed by atoms with E-state index in [-0.39, 0.29) is 0 Å². The smallest absolute Gasteiger partial charge is 0.0221 e. The third-order valence-corrected chi connectivity index (χ3v) is 1.26. The highest BCUT2D eigenvalue weighted by Gasteiger charge is 1.96. The summed E-state index contributed by atoms with van der Waals surface area (Å²) in [5.41, 5.74) is 7.24. The van der Waals surface area contributed by atoms with E-state index in [0.717, 1.165) is 6.42 Å². The molecule has 0 aliphatic carbocycles. The molecule has 0 amide bonds. The Kier molecular flexibility index (Phi) is 5.03. The molecule has 0 aliphatic heterocycles. The highest BCUT2D eigenvalue weighted by molar-refractivity contribution is 4.96. The molecule has 0 aromatic heterocycles. The van der Waals surface area contributed by atoms with Crippen LogP contribution < -0.4 is 10.9 Å². The zero-order valence-corrected chi connectivity index (χ0v) is 7.36. The minimum atomic E-state index is 0.715. The van der Waals surface area contributed by atoms with Crippen molar-refractivity contribution in [3.8, 4) is 0 Å². The van der Waals surface area contributed by atoms with E-state index in [1.54, 1.807) is 0 Å². The van der Waals surface area contributed by atoms with Crippen LogP contribution in [0.2, 0.25) is 0 Å². The van der Waals surface area contributed by atoms with Crippen LogP contribution >= 0.6 is 0 Å². The molecule has 2 nitrogen and oxygen atoms in total. The summed E-state index contributed by atoms with van der Waals surface area (Å²) in [6, 6.07) is 0. The SMILES string of the molecule is C/C=C(/CC(C)C)NNC. The highest BCUT2D eigenvalue weighted by atomic mass is 15.3. The van der Waals surface area contributed by atoms with Gasteiger partial charge in [-0.25, -0.2) is 5.43 Å². The summed E-state index contributed by atoms with van der Waals surface area (Å²) >= 11 is 0. The second-order valence-electron chi connectivity index (χ2n) is 2.79. The van der Waals surface area contributed by atoms with E-state index in [1.165, 1.54) is 5.70 Å². The van der Waals surface area contributed by atoms with Gasteiger partial charge in [0.15, 0.2) is 0 Å². The molecule has 0 heterocycles. The fourth-order valence-electron chi connectivity index (χ4n) is 0.841. The van der Waals surface area contributed by atoms with Crippen LogP contribution in [0.3, 0.4) is 0 Å². The minimum absolute atomic E-state index is 0.715. The number of allylic oxidation sites excluding steroid dienone is 2. The number of hydrazine groups is 1. The fourth-order valence-corrected chi connectivity index (χ4v) is 0.841. The molecule has 0 unspecified atom stereocenters. The van der Waals surface area contributed by atoms with E-state index in [0.29, 0.717) is 5.92 Å². The molecule has 2 N–H and O–H groups in total. The molecular weight excluding hydrogens is 124 g/mol. The van der Waals surface area contributed by atoms with Gasteiger partial charge in [0, 0.05) is 12.7 Å². The average molecular weight is 142 g/mol. The van der Waals surface area contributed by atoms with Crippen molar-refractivity contribution in [3.05, 3.63) is 11.8 Å². The molecule has 0 radical (unpaired) electrons. The quantitative estimate of drug-likeness (QED) is 0.583. The van der Waals surface area contributed by atoms with E-state index >= 15 is 0 Å². The second kappa shape index (κ2) is 5.30. The summed E-state index contributed by atoms with van der Waals surface area (Å²) in [4.78, 5) is 0. The van der Waals surface area contributed by atoms with E-state index in [9.17, 15) is 0 Å². The predicted molar refractivity (Wildman–Crippen MR) is 45.4 cm³/mol. The first-order chi connectivity index (χ1) is 4.70. The van der Waals surface area contributed by atoms with Gasteiger partial charge in [0.05, 0.1) is 0 Å². The lowest BCUT2D eigenvalue weighted by Gasteiger charge is -2.10. The second-order valence-corrected chi connectivity index (χ2v) is 2.79. The van der Waals surface area contributed by atoms with Crippen molar-refractivity contribution in [2.75, 3.05) is 7.05 Å². The normalized spacial score (nSPS) is 12.3. The Hall–Kier alpha value is -0.500. The number of rotatable bonds is 4. The largest absolute Gasteiger partial charge is 0.326 e. The van der Waals surface area contributed by atoms with Crippen LogP contribution in [0.15, 0.2) is 11.8 Å². The van der Waals surface area contributed by atoms with Gasteiger partial charge < -0.3 is 5.43 Å². The van der Waals surface area contributed by atoms with Crippen LogP contribution in [0, 0.1) is 5.92 Å². The van der Waals surface area contributed by atoms with Crippen molar-refractivity contribution < 1.29 is 0 Å². The third-order valence-electron chi connectivity index (χ3n) is 1.26. The predicted octanol–water partition coefficient (Wildman–Crippen LogP) is 1.66. The molecule has 0 aromatic rings. The zero-order valence-electron chi connectivity index (χ0n) is 7.36. The van der Waals surface area contributed by atoms with Gasteiger partial charge in [0.25, 0.3) is 0 Å². The van der Waals surface area contributed by atoms with Crippen LogP contribution in [-0.4, -0.2) is 7.05 Å². The number of hydrogen-bond acceptors (Lipinski definition) is 2. The maximum atomic E-state index is 3.07. The molecule has 10 heavy (non-hydrogen) atoms. The van der Waals surface area contributed by atoms with Gasteiger partial charge in [-0.3, -0.25) is 0 Å². The van der Waals surface area contributed by atoms with E-state index in [4.69, 9.17) is 0 Å². The molecule has 0 aromatic carbocycles. The van der Waals surface area contributed by atoms with Gasteiger partial charge in [-0.1, -0.05) is 19.9 Å². The maximum Gasteiger partial charge on any atom is 0.0221 e. The Bertz CT molecular complexity index is 106. The van der Waals surface area contributed by atoms with Crippen LogP contribution in [0.5, 0.6) is 0 Å². The zero-order chi connectivity index (χ0) is 7.98. The number of hydrogen-bond donors (Lipinski definition) is 2. The molecular formula is C8H18N2. The summed E-state index contributed by atoms with van der Waals surface area (Å²) < 4.78 is 0. The minimum Gasteiger partial charge on any atom is -0.326 e. The first-order valence-electron chi connectivity index (χ1n) is 3.78. The summed E-state index contributed by atoms with van der Waals surface area (Å²) in [7, 11) is 1.88. The van der Waals surface area contributed by atoms with Crippen LogP contribution in [0.4, 0.5) is 0 Å². The van der Waals surface area contributed by atoms with Gasteiger partial charge in [0.2, 0.25) is 0 Å². The summed E-state index contributed by atoms with van der Waals surface area (Å²) in [6.07, 6.45) is 3.20. The van der Waals surface area contributed by atoms with E-state index < -0.39 is 0 Å². The maximum absolute atomic E-state index is 3.07. The summed E-state index contributed by atoms with van der Waals surface area (Å²) in [5, 5.41) is 0. The van der Waals surface area contributed by atoms with Gasteiger partial charge in [-0.15, -0.1) is 0 Å². The van der Waals surface area contributed by atoms with Crippen molar-refractivity contribution in [2.24, 2.45) is 5.92 Å². The van der Waals surface area contributed by atoms with E-state index in [2.05, 4.69) is 30.8 Å². The van der Waals surface area contributed by atoms with Crippen molar-refractivity contribution in [3.63, 3.8) is 0 Å². The lowest BCUT2D eigenvalue weighted by Crippen LogP contribution is -2.27. The topological polar surface area (TPSA) is 24.1 Å². The monoisotopic (exact) mass is 142 g/mol. The molecule has 0 bridgehead atoms. The molecule has 2 heteroatoms.